The summed E-state index contributed by atoms with van der Waals surface area (Å²) in [4.78, 5) is 14.2. The third-order valence-electron chi connectivity index (χ3n) is 4.77. The molecule has 2 N–H and O–H groups in total. The van der Waals surface area contributed by atoms with E-state index in [0.29, 0.717) is 19.0 Å². The molecule has 1 aromatic rings. The summed E-state index contributed by atoms with van der Waals surface area (Å²) in [6.45, 7) is 4.09. The highest BCUT2D eigenvalue weighted by molar-refractivity contribution is 5.73. The Morgan fingerprint density at radius 1 is 1.33 bits per heavy atom. The Kier molecular flexibility index (Phi) is 5.80. The average molecular weight is 333 g/mol. The third-order valence-corrected chi connectivity index (χ3v) is 4.77. The van der Waals surface area contributed by atoms with Crippen molar-refractivity contribution in [1.29, 1.82) is 0 Å². The fraction of sp³-hybridized carbons (Fsp3) is 0.611. The van der Waals surface area contributed by atoms with E-state index in [4.69, 9.17) is 9.47 Å². The van der Waals surface area contributed by atoms with E-state index in [1.54, 1.807) is 7.11 Å². The third kappa shape index (κ3) is 4.54. The smallest absolute Gasteiger partial charge is 0.314 e. The second-order valence-corrected chi connectivity index (χ2v) is 6.53. The molecule has 6 heteroatoms. The molecular weight excluding hydrogens is 306 g/mol. The molecule has 0 radical (unpaired) electrons. The highest BCUT2D eigenvalue weighted by Gasteiger charge is 2.23. The lowest BCUT2D eigenvalue weighted by Crippen LogP contribution is -2.41. The molecule has 2 aliphatic heterocycles. The van der Waals surface area contributed by atoms with Gasteiger partial charge >= 0.3 is 6.03 Å². The molecule has 2 amide bonds. The SMILES string of the molecule is COc1cccc(N2CC[C@@H](CNC(=O)NC[C@@H]3CCCO3)C2)c1. The predicted octanol–water partition coefficient (Wildman–Crippen LogP) is 2.00. The van der Waals surface area contributed by atoms with Gasteiger partial charge in [-0.05, 0) is 37.3 Å². The Hall–Kier alpha value is -1.95. The molecule has 0 aromatic heterocycles. The number of rotatable bonds is 6. The maximum atomic E-state index is 11.9. The Balaban J connectivity index is 1.38. The number of nitrogens with zero attached hydrogens (tertiary/aromatic N) is 1. The van der Waals surface area contributed by atoms with Crippen LogP contribution in [-0.4, -0.2) is 52.0 Å². The van der Waals surface area contributed by atoms with Crippen LogP contribution < -0.4 is 20.3 Å². The minimum Gasteiger partial charge on any atom is -0.497 e. The highest BCUT2D eigenvalue weighted by atomic mass is 16.5. The molecule has 24 heavy (non-hydrogen) atoms. The topological polar surface area (TPSA) is 62.8 Å². The van der Waals surface area contributed by atoms with E-state index in [1.807, 2.05) is 12.1 Å². The molecule has 2 fully saturated rings. The summed E-state index contributed by atoms with van der Waals surface area (Å²) in [6.07, 6.45) is 3.41. The first-order chi connectivity index (χ1) is 11.7. The van der Waals surface area contributed by atoms with Crippen molar-refractivity contribution in [2.75, 3.05) is 44.8 Å². The number of anilines is 1. The molecule has 1 aromatic carbocycles. The van der Waals surface area contributed by atoms with Crippen LogP contribution in [0.25, 0.3) is 0 Å². The molecule has 0 spiro atoms. The average Bonchev–Trinajstić information content (AvgIpc) is 3.30. The van der Waals surface area contributed by atoms with E-state index in [0.717, 1.165) is 44.7 Å². The van der Waals surface area contributed by atoms with Crippen LogP contribution >= 0.6 is 0 Å². The van der Waals surface area contributed by atoms with Gasteiger partial charge < -0.3 is 25.0 Å². The Morgan fingerprint density at radius 3 is 3.00 bits per heavy atom. The number of urea groups is 1. The van der Waals surface area contributed by atoms with Gasteiger partial charge in [-0.25, -0.2) is 4.79 Å². The summed E-state index contributed by atoms with van der Waals surface area (Å²) in [5, 5.41) is 5.89. The lowest BCUT2D eigenvalue weighted by Gasteiger charge is -2.19. The predicted molar refractivity (Wildman–Crippen MR) is 93.7 cm³/mol. The minimum absolute atomic E-state index is 0.0923. The van der Waals surface area contributed by atoms with E-state index in [1.165, 1.54) is 5.69 Å². The van der Waals surface area contributed by atoms with E-state index >= 15 is 0 Å². The summed E-state index contributed by atoms with van der Waals surface area (Å²) >= 11 is 0. The molecule has 2 aliphatic rings. The van der Waals surface area contributed by atoms with Gasteiger partial charge in [-0.3, -0.25) is 0 Å². The number of amides is 2. The highest BCUT2D eigenvalue weighted by Crippen LogP contribution is 2.26. The van der Waals surface area contributed by atoms with Crippen molar-refractivity contribution >= 4 is 11.7 Å². The van der Waals surface area contributed by atoms with Crippen LogP contribution in [0.2, 0.25) is 0 Å². The first kappa shape index (κ1) is 16.9. The molecule has 2 heterocycles. The molecule has 0 bridgehead atoms. The summed E-state index contributed by atoms with van der Waals surface area (Å²) in [5.74, 6) is 1.35. The standard InChI is InChI=1S/C18H27N3O3/c1-23-16-5-2-4-15(10-16)21-8-7-14(13-21)11-19-18(22)20-12-17-6-3-9-24-17/h2,4-5,10,14,17H,3,6-9,11-13H2,1H3,(H2,19,20,22)/t14-,17-/m0/s1. The maximum Gasteiger partial charge on any atom is 0.314 e. The van der Waals surface area contributed by atoms with Crippen molar-refractivity contribution in [2.45, 2.75) is 25.4 Å². The second kappa shape index (κ2) is 8.24. The molecule has 6 nitrogen and oxygen atoms in total. The monoisotopic (exact) mass is 333 g/mol. The number of methoxy groups -OCH3 is 1. The second-order valence-electron chi connectivity index (χ2n) is 6.53. The van der Waals surface area contributed by atoms with Crippen molar-refractivity contribution in [1.82, 2.24) is 10.6 Å². The van der Waals surface area contributed by atoms with Crippen molar-refractivity contribution in [3.05, 3.63) is 24.3 Å². The number of hydrogen-bond acceptors (Lipinski definition) is 4. The zero-order chi connectivity index (χ0) is 16.8. The van der Waals surface area contributed by atoms with Gasteiger partial charge in [0.2, 0.25) is 0 Å². The van der Waals surface area contributed by atoms with Crippen molar-refractivity contribution in [3.8, 4) is 5.75 Å². The van der Waals surface area contributed by atoms with Crippen LogP contribution in [-0.2, 0) is 4.74 Å². The Bertz CT molecular complexity index is 546. The van der Waals surface area contributed by atoms with Crippen LogP contribution in [0, 0.1) is 5.92 Å². The van der Waals surface area contributed by atoms with E-state index in [2.05, 4.69) is 27.7 Å². The Morgan fingerprint density at radius 2 is 2.21 bits per heavy atom. The van der Waals surface area contributed by atoms with Crippen LogP contribution in [0.5, 0.6) is 5.75 Å². The van der Waals surface area contributed by atoms with Gasteiger partial charge in [0.05, 0.1) is 13.2 Å². The van der Waals surface area contributed by atoms with Crippen molar-refractivity contribution in [2.24, 2.45) is 5.92 Å². The zero-order valence-electron chi connectivity index (χ0n) is 14.3. The van der Waals surface area contributed by atoms with Gasteiger partial charge in [0.1, 0.15) is 5.75 Å². The first-order valence-corrected chi connectivity index (χ1v) is 8.77. The lowest BCUT2D eigenvalue weighted by molar-refractivity contribution is 0.111. The molecule has 3 rings (SSSR count). The number of hydrogen-bond donors (Lipinski definition) is 2. The first-order valence-electron chi connectivity index (χ1n) is 8.77. The van der Waals surface area contributed by atoms with E-state index in [9.17, 15) is 4.79 Å². The molecule has 0 saturated carbocycles. The number of carbonyl (C=O) groups excluding carboxylic acids is 1. The minimum atomic E-state index is -0.0923. The van der Waals surface area contributed by atoms with E-state index in [-0.39, 0.29) is 12.1 Å². The number of carbonyl (C=O) groups is 1. The summed E-state index contributed by atoms with van der Waals surface area (Å²) in [6, 6.07) is 8.04. The van der Waals surface area contributed by atoms with Gasteiger partial charge in [-0.2, -0.15) is 0 Å². The van der Waals surface area contributed by atoms with Gasteiger partial charge in [-0.15, -0.1) is 0 Å². The molecular formula is C18H27N3O3. The zero-order valence-corrected chi connectivity index (χ0v) is 14.3. The Labute approximate surface area is 143 Å². The van der Waals surface area contributed by atoms with Gasteiger partial charge in [-0.1, -0.05) is 6.07 Å². The summed E-state index contributed by atoms with van der Waals surface area (Å²) < 4.78 is 10.8. The van der Waals surface area contributed by atoms with E-state index < -0.39 is 0 Å². The normalized spacial score (nSPS) is 23.3. The number of nitrogens with one attached hydrogen (secondary N) is 2. The fourth-order valence-corrected chi connectivity index (χ4v) is 3.35. The molecule has 0 unspecified atom stereocenters. The van der Waals surface area contributed by atoms with Crippen molar-refractivity contribution < 1.29 is 14.3 Å². The van der Waals surface area contributed by atoms with Crippen LogP contribution in [0.1, 0.15) is 19.3 Å². The largest absolute Gasteiger partial charge is 0.497 e. The summed E-state index contributed by atoms with van der Waals surface area (Å²) in [7, 11) is 1.69. The van der Waals surface area contributed by atoms with Crippen molar-refractivity contribution in [3.63, 3.8) is 0 Å². The van der Waals surface area contributed by atoms with Gasteiger partial charge in [0.15, 0.2) is 0 Å². The number of ether oxygens (including phenoxy) is 2. The fourth-order valence-electron chi connectivity index (χ4n) is 3.35. The number of benzene rings is 1. The molecule has 0 aliphatic carbocycles. The molecule has 2 atom stereocenters. The molecule has 2 saturated heterocycles. The van der Waals surface area contributed by atoms with Crippen LogP contribution in [0.4, 0.5) is 10.5 Å². The van der Waals surface area contributed by atoms with Gasteiger partial charge in [0, 0.05) is 44.5 Å². The maximum absolute atomic E-state index is 11.9. The van der Waals surface area contributed by atoms with Crippen LogP contribution in [0.3, 0.4) is 0 Å². The quantitative estimate of drug-likeness (QED) is 0.836. The summed E-state index contributed by atoms with van der Waals surface area (Å²) in [5.41, 5.74) is 1.18. The molecule has 132 valence electrons. The lowest BCUT2D eigenvalue weighted by atomic mass is 10.1. The van der Waals surface area contributed by atoms with Crippen LogP contribution in [0.15, 0.2) is 24.3 Å². The van der Waals surface area contributed by atoms with Gasteiger partial charge in [0.25, 0.3) is 0 Å².